The number of hydrogen-bond donors (Lipinski definition) is 1. The van der Waals surface area contributed by atoms with Crippen molar-refractivity contribution >= 4 is 10.9 Å². The molecule has 4 heteroatoms. The summed E-state index contributed by atoms with van der Waals surface area (Å²) in [5.41, 5.74) is 2.02. The minimum Gasteiger partial charge on any atom is -0.497 e. The molecule has 3 aromatic rings. The van der Waals surface area contributed by atoms with Crippen LogP contribution in [0.1, 0.15) is 0 Å². The zero-order chi connectivity index (χ0) is 13.2. The highest BCUT2D eigenvalue weighted by Gasteiger charge is 2.07. The van der Waals surface area contributed by atoms with Crippen LogP contribution in [0.4, 0.5) is 0 Å². The summed E-state index contributed by atoms with van der Waals surface area (Å²) in [7, 11) is 1.62. The minimum absolute atomic E-state index is 0.343. The second kappa shape index (κ2) is 4.57. The van der Waals surface area contributed by atoms with Gasteiger partial charge in [0.25, 0.3) is 0 Å². The summed E-state index contributed by atoms with van der Waals surface area (Å²) in [5, 5.41) is 0.923. The lowest BCUT2D eigenvalue weighted by atomic mass is 10.1. The number of methoxy groups -OCH3 is 1. The summed E-state index contributed by atoms with van der Waals surface area (Å²) < 4.78 is 5.13. The maximum Gasteiger partial charge on any atom is 0.345 e. The lowest BCUT2D eigenvalue weighted by molar-refractivity contribution is 0.415. The van der Waals surface area contributed by atoms with Crippen LogP contribution in [0.2, 0.25) is 0 Å². The molecule has 19 heavy (non-hydrogen) atoms. The predicted molar refractivity (Wildman–Crippen MR) is 74.4 cm³/mol. The number of benzene rings is 2. The van der Waals surface area contributed by atoms with Crippen LogP contribution in [0.3, 0.4) is 0 Å². The van der Waals surface area contributed by atoms with Gasteiger partial charge in [-0.25, -0.2) is 4.79 Å². The Labute approximate surface area is 109 Å². The van der Waals surface area contributed by atoms with E-state index in [9.17, 15) is 4.79 Å². The molecule has 2 aromatic carbocycles. The van der Waals surface area contributed by atoms with Gasteiger partial charge in [-0.2, -0.15) is 4.98 Å². The normalized spacial score (nSPS) is 10.6. The summed E-state index contributed by atoms with van der Waals surface area (Å²) in [5.74, 6) is 0.776. The summed E-state index contributed by atoms with van der Waals surface area (Å²) >= 11 is 0. The molecule has 0 aliphatic rings. The number of nitrogens with zero attached hydrogens (tertiary/aromatic N) is 1. The summed E-state index contributed by atoms with van der Waals surface area (Å²) in [6.45, 7) is 0. The van der Waals surface area contributed by atoms with Gasteiger partial charge in [0, 0.05) is 10.9 Å². The summed E-state index contributed by atoms with van der Waals surface area (Å²) in [6.07, 6.45) is 0. The number of nitrogens with one attached hydrogen (secondary N) is 1. The number of aromatic nitrogens is 2. The SMILES string of the molecule is COc1ccc(-c2nc(=O)[nH]c3ccccc23)cc1. The summed E-state index contributed by atoms with van der Waals surface area (Å²) in [6, 6.07) is 15.1. The monoisotopic (exact) mass is 252 g/mol. The molecule has 1 N–H and O–H groups in total. The first-order valence-electron chi connectivity index (χ1n) is 5.91. The van der Waals surface area contributed by atoms with Gasteiger partial charge >= 0.3 is 5.69 Å². The first kappa shape index (κ1) is 11.5. The number of aromatic amines is 1. The van der Waals surface area contributed by atoms with Crippen LogP contribution < -0.4 is 10.4 Å². The van der Waals surface area contributed by atoms with Gasteiger partial charge < -0.3 is 9.72 Å². The molecule has 1 heterocycles. The van der Waals surface area contributed by atoms with E-state index in [1.807, 2.05) is 48.5 Å². The highest BCUT2D eigenvalue weighted by molar-refractivity contribution is 5.91. The second-order valence-corrected chi connectivity index (χ2v) is 4.16. The molecule has 94 valence electrons. The number of ether oxygens (including phenoxy) is 1. The van der Waals surface area contributed by atoms with Gasteiger partial charge in [0.1, 0.15) is 5.75 Å². The van der Waals surface area contributed by atoms with Crippen LogP contribution in [-0.2, 0) is 0 Å². The van der Waals surface area contributed by atoms with Crippen molar-refractivity contribution in [3.63, 3.8) is 0 Å². The van der Waals surface area contributed by atoms with Crippen molar-refractivity contribution in [3.8, 4) is 17.0 Å². The molecule has 0 unspecified atom stereocenters. The fourth-order valence-electron chi connectivity index (χ4n) is 2.07. The molecule has 0 bridgehead atoms. The molecule has 0 atom stereocenters. The van der Waals surface area contributed by atoms with Crippen molar-refractivity contribution in [2.75, 3.05) is 7.11 Å². The molecule has 0 fully saturated rings. The highest BCUT2D eigenvalue weighted by atomic mass is 16.5. The van der Waals surface area contributed by atoms with Crippen molar-refractivity contribution in [2.45, 2.75) is 0 Å². The van der Waals surface area contributed by atoms with Crippen molar-refractivity contribution in [2.24, 2.45) is 0 Å². The Morgan fingerprint density at radius 2 is 1.79 bits per heavy atom. The Hall–Kier alpha value is -2.62. The van der Waals surface area contributed by atoms with E-state index in [-0.39, 0.29) is 5.69 Å². The van der Waals surface area contributed by atoms with E-state index in [0.717, 1.165) is 22.2 Å². The van der Waals surface area contributed by atoms with Gasteiger partial charge in [-0.05, 0) is 30.3 Å². The largest absolute Gasteiger partial charge is 0.497 e. The first-order valence-corrected chi connectivity index (χ1v) is 5.91. The number of H-pyrrole nitrogens is 1. The fourth-order valence-corrected chi connectivity index (χ4v) is 2.07. The average Bonchev–Trinajstić information content (AvgIpc) is 2.46. The van der Waals surface area contributed by atoms with Gasteiger partial charge in [0.05, 0.1) is 18.3 Å². The van der Waals surface area contributed by atoms with Gasteiger partial charge in [-0.3, -0.25) is 0 Å². The molecule has 0 aliphatic carbocycles. The van der Waals surface area contributed by atoms with E-state index in [1.165, 1.54) is 0 Å². The van der Waals surface area contributed by atoms with Crippen LogP contribution in [0.15, 0.2) is 53.3 Å². The van der Waals surface area contributed by atoms with Gasteiger partial charge in [0.15, 0.2) is 0 Å². The topological polar surface area (TPSA) is 55.0 Å². The average molecular weight is 252 g/mol. The summed E-state index contributed by atoms with van der Waals surface area (Å²) in [4.78, 5) is 18.4. The maximum atomic E-state index is 11.6. The van der Waals surface area contributed by atoms with E-state index in [1.54, 1.807) is 7.11 Å². The molecular weight excluding hydrogens is 240 g/mol. The molecule has 3 rings (SSSR count). The Bertz CT molecular complexity index is 776. The van der Waals surface area contributed by atoms with E-state index in [2.05, 4.69) is 9.97 Å². The van der Waals surface area contributed by atoms with Crippen molar-refractivity contribution in [1.82, 2.24) is 9.97 Å². The number of fused-ring (bicyclic) bond motifs is 1. The Kier molecular flexibility index (Phi) is 2.76. The third-order valence-corrected chi connectivity index (χ3v) is 3.00. The van der Waals surface area contributed by atoms with E-state index in [0.29, 0.717) is 5.69 Å². The van der Waals surface area contributed by atoms with Crippen molar-refractivity contribution in [1.29, 1.82) is 0 Å². The number of rotatable bonds is 2. The molecule has 0 spiro atoms. The lowest BCUT2D eigenvalue weighted by Gasteiger charge is -2.06. The van der Waals surface area contributed by atoms with Crippen LogP contribution in [0, 0.1) is 0 Å². The molecule has 0 saturated carbocycles. The molecule has 4 nitrogen and oxygen atoms in total. The standard InChI is InChI=1S/C15H12N2O2/c1-19-11-8-6-10(7-9-11)14-12-4-2-3-5-13(12)16-15(18)17-14/h2-9H,1H3,(H,16,17,18). The third-order valence-electron chi connectivity index (χ3n) is 3.00. The molecule has 0 amide bonds. The van der Waals surface area contributed by atoms with Crippen LogP contribution >= 0.6 is 0 Å². The van der Waals surface area contributed by atoms with E-state index in [4.69, 9.17) is 4.74 Å². The number of para-hydroxylation sites is 1. The highest BCUT2D eigenvalue weighted by Crippen LogP contribution is 2.25. The molecule has 1 aromatic heterocycles. The Morgan fingerprint density at radius 3 is 2.53 bits per heavy atom. The Morgan fingerprint density at radius 1 is 1.05 bits per heavy atom. The fraction of sp³-hybridized carbons (Fsp3) is 0.0667. The van der Waals surface area contributed by atoms with Gasteiger partial charge in [-0.15, -0.1) is 0 Å². The van der Waals surface area contributed by atoms with Crippen LogP contribution in [0.5, 0.6) is 5.75 Å². The molecule has 0 aliphatic heterocycles. The lowest BCUT2D eigenvalue weighted by Crippen LogP contribution is -2.11. The predicted octanol–water partition coefficient (Wildman–Crippen LogP) is 2.60. The van der Waals surface area contributed by atoms with Crippen molar-refractivity contribution in [3.05, 3.63) is 59.0 Å². The van der Waals surface area contributed by atoms with E-state index >= 15 is 0 Å². The molecular formula is C15H12N2O2. The van der Waals surface area contributed by atoms with Gasteiger partial charge in [-0.1, -0.05) is 18.2 Å². The first-order chi connectivity index (χ1) is 9.28. The quantitative estimate of drug-likeness (QED) is 0.762. The van der Waals surface area contributed by atoms with E-state index < -0.39 is 0 Å². The zero-order valence-electron chi connectivity index (χ0n) is 10.4. The molecule has 0 radical (unpaired) electrons. The number of hydrogen-bond acceptors (Lipinski definition) is 3. The third kappa shape index (κ3) is 2.08. The van der Waals surface area contributed by atoms with Crippen LogP contribution in [-0.4, -0.2) is 17.1 Å². The zero-order valence-corrected chi connectivity index (χ0v) is 10.4. The molecule has 0 saturated heterocycles. The Balaban J connectivity index is 2.25. The van der Waals surface area contributed by atoms with Crippen molar-refractivity contribution < 1.29 is 4.74 Å². The van der Waals surface area contributed by atoms with Gasteiger partial charge in [0.2, 0.25) is 0 Å². The second-order valence-electron chi connectivity index (χ2n) is 4.16. The minimum atomic E-state index is -0.343. The smallest absolute Gasteiger partial charge is 0.345 e. The maximum absolute atomic E-state index is 11.6. The van der Waals surface area contributed by atoms with Crippen LogP contribution in [0.25, 0.3) is 22.2 Å².